The molecule has 0 fully saturated rings. The van der Waals surface area contributed by atoms with Crippen LogP contribution >= 0.6 is 35.7 Å². The van der Waals surface area contributed by atoms with Crippen molar-refractivity contribution in [3.8, 4) is 0 Å². The summed E-state index contributed by atoms with van der Waals surface area (Å²) >= 11 is 8.47. The molecular formula is C15H16N6S3. The van der Waals surface area contributed by atoms with Gasteiger partial charge in [0, 0.05) is 48.6 Å². The molecule has 0 spiro atoms. The summed E-state index contributed by atoms with van der Waals surface area (Å²) in [5.41, 5.74) is 3.14. The number of H-pyrrole nitrogens is 1. The van der Waals surface area contributed by atoms with E-state index in [0.717, 1.165) is 41.3 Å². The van der Waals surface area contributed by atoms with Crippen LogP contribution in [0.15, 0.2) is 36.9 Å². The van der Waals surface area contributed by atoms with E-state index in [4.69, 9.17) is 12.2 Å². The Morgan fingerprint density at radius 3 is 3.00 bits per heavy atom. The molecule has 0 aromatic carbocycles. The fourth-order valence-electron chi connectivity index (χ4n) is 2.03. The quantitative estimate of drug-likeness (QED) is 0.461. The van der Waals surface area contributed by atoms with Crippen molar-refractivity contribution < 1.29 is 0 Å². The number of rotatable bonds is 8. The Labute approximate surface area is 153 Å². The number of hydrogen-bond acceptors (Lipinski definition) is 8. The predicted octanol–water partition coefficient (Wildman–Crippen LogP) is 3.32. The highest BCUT2D eigenvalue weighted by Crippen LogP contribution is 2.11. The molecular weight excluding hydrogens is 360 g/mol. The van der Waals surface area contributed by atoms with E-state index >= 15 is 0 Å². The Balaban J connectivity index is 1.47. The van der Waals surface area contributed by atoms with Gasteiger partial charge in [-0.15, -0.1) is 0 Å². The molecule has 3 rings (SSSR count). The molecule has 0 unspecified atom stereocenters. The summed E-state index contributed by atoms with van der Waals surface area (Å²) in [6.45, 7) is 0.808. The lowest BCUT2D eigenvalue weighted by atomic mass is 10.1. The second-order valence-corrected chi connectivity index (χ2v) is 7.07. The highest BCUT2D eigenvalue weighted by Gasteiger charge is 2.02. The minimum Gasteiger partial charge on any atom is -0.355 e. The number of aromatic nitrogens is 5. The standard InChI is InChI=1S/C15H16N6S3/c22-14-12(6-11-2-1-3-16-7-11)8-18-15(20-14)17-4-5-23-10-13-9-19-24-21-13/h1-3,7-9H,4-6,10H2,(H2,17,18,20,22). The summed E-state index contributed by atoms with van der Waals surface area (Å²) < 4.78 is 8.87. The van der Waals surface area contributed by atoms with Gasteiger partial charge in [0.05, 0.1) is 23.6 Å². The van der Waals surface area contributed by atoms with Gasteiger partial charge in [0.15, 0.2) is 0 Å². The zero-order chi connectivity index (χ0) is 16.6. The van der Waals surface area contributed by atoms with Crippen LogP contribution in [0, 0.1) is 4.64 Å². The van der Waals surface area contributed by atoms with E-state index in [1.807, 2.05) is 30.7 Å². The predicted molar refractivity (Wildman–Crippen MR) is 101 cm³/mol. The van der Waals surface area contributed by atoms with E-state index in [0.29, 0.717) is 10.6 Å². The summed E-state index contributed by atoms with van der Waals surface area (Å²) in [5, 5.41) is 3.26. The van der Waals surface area contributed by atoms with Gasteiger partial charge >= 0.3 is 0 Å². The summed E-state index contributed by atoms with van der Waals surface area (Å²) in [7, 11) is 0. The SMILES string of the molecule is S=c1[nH]c(NCCSCc2cnsn2)ncc1Cc1cccnc1. The second-order valence-electron chi connectivity index (χ2n) is 5.00. The zero-order valence-electron chi connectivity index (χ0n) is 12.8. The Kier molecular flexibility index (Phi) is 6.27. The molecule has 0 amide bonds. The topological polar surface area (TPSA) is 79.4 Å². The number of nitrogens with one attached hydrogen (secondary N) is 2. The van der Waals surface area contributed by atoms with Gasteiger partial charge in [-0.05, 0) is 11.6 Å². The normalized spacial score (nSPS) is 10.7. The minimum absolute atomic E-state index is 0.700. The smallest absolute Gasteiger partial charge is 0.201 e. The lowest BCUT2D eigenvalue weighted by Crippen LogP contribution is -2.08. The van der Waals surface area contributed by atoms with Gasteiger partial charge in [-0.25, -0.2) is 4.98 Å². The molecule has 0 saturated carbocycles. The Bertz CT molecular complexity index is 804. The molecule has 0 aliphatic heterocycles. The van der Waals surface area contributed by atoms with Gasteiger partial charge in [-0.1, -0.05) is 18.3 Å². The van der Waals surface area contributed by atoms with Gasteiger partial charge in [0.25, 0.3) is 0 Å². The number of pyridine rings is 1. The number of thioether (sulfide) groups is 1. The molecule has 0 radical (unpaired) electrons. The first-order valence-electron chi connectivity index (χ1n) is 7.36. The number of nitrogens with zero attached hydrogens (tertiary/aromatic N) is 4. The molecule has 0 bridgehead atoms. The molecule has 3 aromatic heterocycles. The van der Waals surface area contributed by atoms with Crippen molar-refractivity contribution >= 4 is 41.7 Å². The maximum absolute atomic E-state index is 5.42. The average Bonchev–Trinajstić information content (AvgIpc) is 3.11. The van der Waals surface area contributed by atoms with Crippen LogP contribution in [-0.4, -0.2) is 36.0 Å². The summed E-state index contributed by atoms with van der Waals surface area (Å²) in [6.07, 6.45) is 7.97. The number of aromatic amines is 1. The maximum Gasteiger partial charge on any atom is 0.201 e. The first kappa shape index (κ1) is 17.0. The molecule has 0 aliphatic carbocycles. The largest absolute Gasteiger partial charge is 0.355 e. The van der Waals surface area contributed by atoms with E-state index in [1.165, 1.54) is 11.7 Å². The zero-order valence-corrected chi connectivity index (χ0v) is 15.3. The van der Waals surface area contributed by atoms with E-state index in [1.54, 1.807) is 18.0 Å². The monoisotopic (exact) mass is 376 g/mol. The van der Waals surface area contributed by atoms with Crippen LogP contribution in [0.5, 0.6) is 0 Å². The van der Waals surface area contributed by atoms with E-state index in [2.05, 4.69) is 29.0 Å². The molecule has 6 nitrogen and oxygen atoms in total. The van der Waals surface area contributed by atoms with Crippen LogP contribution in [-0.2, 0) is 12.2 Å². The second kappa shape index (κ2) is 8.86. The first-order valence-corrected chi connectivity index (χ1v) is 9.66. The Morgan fingerprint density at radius 1 is 1.29 bits per heavy atom. The van der Waals surface area contributed by atoms with Crippen molar-refractivity contribution in [3.05, 3.63) is 58.4 Å². The van der Waals surface area contributed by atoms with E-state index in [-0.39, 0.29) is 0 Å². The minimum atomic E-state index is 0.700. The molecule has 24 heavy (non-hydrogen) atoms. The van der Waals surface area contributed by atoms with Gasteiger partial charge in [0.1, 0.15) is 4.64 Å². The van der Waals surface area contributed by atoms with Crippen molar-refractivity contribution in [2.75, 3.05) is 17.6 Å². The van der Waals surface area contributed by atoms with Gasteiger partial charge in [-0.2, -0.15) is 20.5 Å². The fourth-order valence-corrected chi connectivity index (χ4v) is 3.50. The third-order valence-electron chi connectivity index (χ3n) is 3.19. The van der Waals surface area contributed by atoms with Crippen LogP contribution in [0.25, 0.3) is 0 Å². The van der Waals surface area contributed by atoms with Crippen LogP contribution < -0.4 is 5.32 Å². The van der Waals surface area contributed by atoms with E-state index < -0.39 is 0 Å². The van der Waals surface area contributed by atoms with Crippen molar-refractivity contribution in [2.45, 2.75) is 12.2 Å². The molecule has 3 heterocycles. The average molecular weight is 377 g/mol. The highest BCUT2D eigenvalue weighted by molar-refractivity contribution is 7.98. The lowest BCUT2D eigenvalue weighted by Gasteiger charge is -2.07. The van der Waals surface area contributed by atoms with Crippen molar-refractivity contribution in [3.63, 3.8) is 0 Å². The molecule has 0 saturated heterocycles. The lowest BCUT2D eigenvalue weighted by molar-refractivity contribution is 1.02. The maximum atomic E-state index is 5.42. The summed E-state index contributed by atoms with van der Waals surface area (Å²) in [5.74, 6) is 2.54. The first-order chi connectivity index (χ1) is 11.8. The van der Waals surface area contributed by atoms with Crippen LogP contribution in [0.2, 0.25) is 0 Å². The van der Waals surface area contributed by atoms with Crippen LogP contribution in [0.4, 0.5) is 5.95 Å². The third kappa shape index (κ3) is 5.08. The fraction of sp³-hybridized carbons (Fsp3) is 0.267. The highest BCUT2D eigenvalue weighted by atomic mass is 32.2. The molecule has 0 atom stereocenters. The van der Waals surface area contributed by atoms with Gasteiger partial charge in [-0.3, -0.25) is 4.98 Å². The van der Waals surface area contributed by atoms with Crippen LogP contribution in [0.3, 0.4) is 0 Å². The van der Waals surface area contributed by atoms with Crippen LogP contribution in [0.1, 0.15) is 16.8 Å². The van der Waals surface area contributed by atoms with E-state index in [9.17, 15) is 0 Å². The van der Waals surface area contributed by atoms with Crippen molar-refractivity contribution in [2.24, 2.45) is 0 Å². The van der Waals surface area contributed by atoms with Crippen molar-refractivity contribution in [1.82, 2.24) is 23.7 Å². The van der Waals surface area contributed by atoms with Crippen molar-refractivity contribution in [1.29, 1.82) is 0 Å². The summed E-state index contributed by atoms with van der Waals surface area (Å²) in [6, 6.07) is 3.95. The molecule has 124 valence electrons. The Hall–Kier alpha value is -1.84. The number of hydrogen-bond donors (Lipinski definition) is 2. The Morgan fingerprint density at radius 2 is 2.25 bits per heavy atom. The molecule has 0 aliphatic rings. The summed E-state index contributed by atoms with van der Waals surface area (Å²) in [4.78, 5) is 11.7. The molecule has 3 aromatic rings. The number of anilines is 1. The molecule has 9 heteroatoms. The molecule has 2 N–H and O–H groups in total. The third-order valence-corrected chi connectivity index (χ3v) is 5.06. The van der Waals surface area contributed by atoms with Gasteiger partial charge in [0.2, 0.25) is 5.95 Å². The van der Waals surface area contributed by atoms with Gasteiger partial charge < -0.3 is 10.3 Å².